The van der Waals surface area contributed by atoms with Crippen LogP contribution in [0.5, 0.6) is 0 Å². The second kappa shape index (κ2) is 6.69. The van der Waals surface area contributed by atoms with Gasteiger partial charge in [-0.15, -0.1) is 0 Å². The fourth-order valence-corrected chi connectivity index (χ4v) is 2.44. The topological polar surface area (TPSA) is 12.0 Å². The van der Waals surface area contributed by atoms with Crippen molar-refractivity contribution >= 4 is 11.6 Å². The molecule has 0 aliphatic carbocycles. The van der Waals surface area contributed by atoms with Gasteiger partial charge in [0.05, 0.1) is 0 Å². The molecule has 0 aromatic heterocycles. The molecule has 0 fully saturated rings. The molecule has 0 amide bonds. The predicted molar refractivity (Wildman–Crippen MR) is 78.0 cm³/mol. The van der Waals surface area contributed by atoms with Gasteiger partial charge in [0, 0.05) is 11.1 Å². The molecule has 0 saturated heterocycles. The summed E-state index contributed by atoms with van der Waals surface area (Å²) in [5, 5.41) is 3.81. The second-order valence-electron chi connectivity index (χ2n) is 4.53. The van der Waals surface area contributed by atoms with Crippen LogP contribution >= 0.6 is 11.6 Å². The number of halogens is 2. The van der Waals surface area contributed by atoms with Crippen molar-refractivity contribution in [2.75, 3.05) is 7.05 Å². The number of nitrogens with one attached hydrogen (secondary N) is 1. The molecule has 1 nitrogen and oxygen atoms in total. The molecule has 2 aromatic rings. The zero-order valence-corrected chi connectivity index (χ0v) is 11.6. The van der Waals surface area contributed by atoms with Crippen molar-refractivity contribution in [3.8, 4) is 0 Å². The lowest BCUT2D eigenvalue weighted by Crippen LogP contribution is -2.17. The predicted octanol–water partition coefficient (Wildman–Crippen LogP) is 4.37. The van der Waals surface area contributed by atoms with E-state index in [9.17, 15) is 4.39 Å². The number of hydrogen-bond donors (Lipinski definition) is 1. The van der Waals surface area contributed by atoms with Crippen molar-refractivity contribution < 1.29 is 4.39 Å². The highest BCUT2D eigenvalue weighted by molar-refractivity contribution is 6.31. The maximum Gasteiger partial charge on any atom is 0.123 e. The molecule has 0 radical (unpaired) electrons. The Labute approximate surface area is 118 Å². The lowest BCUT2D eigenvalue weighted by Gasteiger charge is -2.18. The lowest BCUT2D eigenvalue weighted by molar-refractivity contribution is 0.542. The van der Waals surface area contributed by atoms with Crippen molar-refractivity contribution in [2.45, 2.75) is 18.9 Å². The number of rotatable bonds is 5. The third-order valence-corrected chi connectivity index (χ3v) is 3.59. The Kier molecular flexibility index (Phi) is 4.94. The molecule has 2 aromatic carbocycles. The summed E-state index contributed by atoms with van der Waals surface area (Å²) in [5.74, 6) is -0.251. The Hall–Kier alpha value is -1.38. The van der Waals surface area contributed by atoms with Gasteiger partial charge >= 0.3 is 0 Å². The standard InChI is InChI=1S/C16H17ClFN/c1-19-16(10-7-12-5-3-2-4-6-12)14-11-13(18)8-9-15(14)17/h2-6,8-9,11,16,19H,7,10H2,1H3. The monoisotopic (exact) mass is 277 g/mol. The SMILES string of the molecule is CNC(CCc1ccccc1)c1cc(F)ccc1Cl. The van der Waals surface area contributed by atoms with Gasteiger partial charge in [-0.1, -0.05) is 41.9 Å². The van der Waals surface area contributed by atoms with E-state index in [0.717, 1.165) is 18.4 Å². The summed E-state index contributed by atoms with van der Waals surface area (Å²) in [6.45, 7) is 0. The van der Waals surface area contributed by atoms with Gasteiger partial charge in [0.1, 0.15) is 5.82 Å². The summed E-state index contributed by atoms with van der Waals surface area (Å²) in [6.07, 6.45) is 1.81. The summed E-state index contributed by atoms with van der Waals surface area (Å²) in [5.41, 5.74) is 2.09. The van der Waals surface area contributed by atoms with E-state index in [1.54, 1.807) is 6.07 Å². The summed E-state index contributed by atoms with van der Waals surface area (Å²) in [7, 11) is 1.87. The Bertz CT molecular complexity index is 528. The highest BCUT2D eigenvalue weighted by Crippen LogP contribution is 2.27. The summed E-state index contributed by atoms with van der Waals surface area (Å²) >= 11 is 6.14. The molecule has 0 bridgehead atoms. The Morgan fingerprint density at radius 3 is 2.58 bits per heavy atom. The van der Waals surface area contributed by atoms with Crippen LogP contribution in [0, 0.1) is 5.82 Å². The third kappa shape index (κ3) is 3.79. The second-order valence-corrected chi connectivity index (χ2v) is 4.94. The number of hydrogen-bond acceptors (Lipinski definition) is 1. The van der Waals surface area contributed by atoms with E-state index in [-0.39, 0.29) is 11.9 Å². The molecule has 0 heterocycles. The van der Waals surface area contributed by atoms with Crippen molar-refractivity contribution in [1.82, 2.24) is 5.32 Å². The van der Waals surface area contributed by atoms with Gasteiger partial charge in [-0.3, -0.25) is 0 Å². The van der Waals surface area contributed by atoms with Crippen molar-refractivity contribution in [3.63, 3.8) is 0 Å². The van der Waals surface area contributed by atoms with Crippen molar-refractivity contribution in [2.24, 2.45) is 0 Å². The maximum absolute atomic E-state index is 13.3. The average molecular weight is 278 g/mol. The zero-order chi connectivity index (χ0) is 13.7. The van der Waals surface area contributed by atoms with Crippen LogP contribution in [-0.2, 0) is 6.42 Å². The Balaban J connectivity index is 2.10. The first-order valence-electron chi connectivity index (χ1n) is 6.37. The van der Waals surface area contributed by atoms with Crippen LogP contribution in [0.4, 0.5) is 4.39 Å². The molecule has 2 rings (SSSR count). The first-order valence-corrected chi connectivity index (χ1v) is 6.74. The van der Waals surface area contributed by atoms with E-state index in [0.29, 0.717) is 5.02 Å². The van der Waals surface area contributed by atoms with Crippen LogP contribution in [0.1, 0.15) is 23.6 Å². The van der Waals surface area contributed by atoms with Crippen LogP contribution in [0.3, 0.4) is 0 Å². The van der Waals surface area contributed by atoms with Gasteiger partial charge < -0.3 is 5.32 Å². The van der Waals surface area contributed by atoms with Gasteiger partial charge in [-0.05, 0) is 49.2 Å². The molecular weight excluding hydrogens is 261 g/mol. The Morgan fingerprint density at radius 2 is 1.89 bits per heavy atom. The molecular formula is C16H17ClFN. The molecule has 0 spiro atoms. The van der Waals surface area contributed by atoms with Crippen LogP contribution in [0.15, 0.2) is 48.5 Å². The van der Waals surface area contributed by atoms with Gasteiger partial charge in [0.2, 0.25) is 0 Å². The Morgan fingerprint density at radius 1 is 1.16 bits per heavy atom. The van der Waals surface area contributed by atoms with Crippen LogP contribution in [0.25, 0.3) is 0 Å². The van der Waals surface area contributed by atoms with E-state index in [4.69, 9.17) is 11.6 Å². The third-order valence-electron chi connectivity index (χ3n) is 3.25. The number of aryl methyl sites for hydroxylation is 1. The summed E-state index contributed by atoms with van der Waals surface area (Å²) < 4.78 is 13.3. The first-order chi connectivity index (χ1) is 9.20. The molecule has 0 aliphatic rings. The minimum absolute atomic E-state index is 0.0587. The van der Waals surface area contributed by atoms with E-state index in [1.165, 1.54) is 17.7 Å². The minimum atomic E-state index is -0.251. The quantitative estimate of drug-likeness (QED) is 0.856. The van der Waals surface area contributed by atoms with Crippen molar-refractivity contribution in [3.05, 3.63) is 70.5 Å². The fraction of sp³-hybridized carbons (Fsp3) is 0.250. The normalized spacial score (nSPS) is 12.4. The van der Waals surface area contributed by atoms with Gasteiger partial charge in [0.15, 0.2) is 0 Å². The molecule has 100 valence electrons. The lowest BCUT2D eigenvalue weighted by atomic mass is 9.99. The molecule has 1 N–H and O–H groups in total. The highest BCUT2D eigenvalue weighted by Gasteiger charge is 2.13. The van der Waals surface area contributed by atoms with E-state index in [1.807, 2.05) is 25.2 Å². The van der Waals surface area contributed by atoms with Crippen LogP contribution in [0.2, 0.25) is 5.02 Å². The van der Waals surface area contributed by atoms with E-state index in [2.05, 4.69) is 17.4 Å². The fourth-order valence-electron chi connectivity index (χ4n) is 2.19. The maximum atomic E-state index is 13.3. The molecule has 19 heavy (non-hydrogen) atoms. The first kappa shape index (κ1) is 14.0. The highest BCUT2D eigenvalue weighted by atomic mass is 35.5. The molecule has 1 atom stereocenters. The smallest absolute Gasteiger partial charge is 0.123 e. The zero-order valence-electron chi connectivity index (χ0n) is 10.9. The van der Waals surface area contributed by atoms with Crippen molar-refractivity contribution in [1.29, 1.82) is 0 Å². The molecule has 0 saturated carbocycles. The van der Waals surface area contributed by atoms with Gasteiger partial charge in [-0.25, -0.2) is 4.39 Å². The van der Waals surface area contributed by atoms with Crippen LogP contribution < -0.4 is 5.32 Å². The van der Waals surface area contributed by atoms with E-state index >= 15 is 0 Å². The molecule has 1 unspecified atom stereocenters. The van der Waals surface area contributed by atoms with Crippen LogP contribution in [-0.4, -0.2) is 7.05 Å². The van der Waals surface area contributed by atoms with Gasteiger partial charge in [0.25, 0.3) is 0 Å². The largest absolute Gasteiger partial charge is 0.313 e. The molecule has 3 heteroatoms. The molecule has 0 aliphatic heterocycles. The number of benzene rings is 2. The summed E-state index contributed by atoms with van der Waals surface area (Å²) in [4.78, 5) is 0. The minimum Gasteiger partial charge on any atom is -0.313 e. The summed E-state index contributed by atoms with van der Waals surface area (Å²) in [6, 6.07) is 14.8. The van der Waals surface area contributed by atoms with Gasteiger partial charge in [-0.2, -0.15) is 0 Å². The van der Waals surface area contributed by atoms with E-state index < -0.39 is 0 Å². The average Bonchev–Trinajstić information content (AvgIpc) is 2.44.